The maximum Gasteiger partial charge on any atom is 0.490 e. The Balaban J connectivity index is 0.000000318. The van der Waals surface area contributed by atoms with Crippen molar-refractivity contribution in [1.29, 1.82) is 0 Å². The van der Waals surface area contributed by atoms with E-state index in [1.807, 2.05) is 6.07 Å². The number of hydrogen-bond donors (Lipinski definition) is 2. The van der Waals surface area contributed by atoms with E-state index < -0.39 is 12.1 Å². The average molecular weight is 430 g/mol. The summed E-state index contributed by atoms with van der Waals surface area (Å²) in [4.78, 5) is 32.1. The van der Waals surface area contributed by atoms with Crippen molar-refractivity contribution in [2.75, 3.05) is 24.6 Å². The zero-order valence-corrected chi connectivity index (χ0v) is 16.3. The minimum absolute atomic E-state index is 0.0316. The van der Waals surface area contributed by atoms with Gasteiger partial charge in [0.15, 0.2) is 0 Å². The lowest BCUT2D eigenvalue weighted by molar-refractivity contribution is -0.192. The number of nitrogens with zero attached hydrogens (tertiary/aromatic N) is 3. The van der Waals surface area contributed by atoms with Crippen molar-refractivity contribution in [3.8, 4) is 0 Å². The molecule has 3 heterocycles. The topological polar surface area (TPSA) is 105 Å². The van der Waals surface area contributed by atoms with Crippen molar-refractivity contribution in [2.45, 2.75) is 50.4 Å². The number of nitrogens with one attached hydrogen (secondary N) is 1. The average Bonchev–Trinajstić information content (AvgIpc) is 3.52. The molecule has 1 aromatic rings. The van der Waals surface area contributed by atoms with E-state index in [1.165, 1.54) is 12.8 Å². The summed E-state index contributed by atoms with van der Waals surface area (Å²) in [7, 11) is 0. The van der Waals surface area contributed by atoms with Crippen LogP contribution >= 0.6 is 0 Å². The Bertz CT molecular complexity index is 730. The van der Waals surface area contributed by atoms with Gasteiger partial charge in [-0.25, -0.2) is 14.8 Å². The van der Waals surface area contributed by atoms with Gasteiger partial charge in [-0.3, -0.25) is 4.79 Å². The van der Waals surface area contributed by atoms with Gasteiger partial charge in [-0.2, -0.15) is 13.2 Å². The first kappa shape index (κ1) is 22.3. The van der Waals surface area contributed by atoms with Crippen LogP contribution in [0.25, 0.3) is 0 Å². The highest BCUT2D eigenvalue weighted by Crippen LogP contribution is 2.33. The summed E-state index contributed by atoms with van der Waals surface area (Å²) < 4.78 is 37.8. The van der Waals surface area contributed by atoms with Crippen LogP contribution in [-0.4, -0.2) is 65.0 Å². The highest BCUT2D eigenvalue weighted by atomic mass is 19.4. The molecule has 0 aromatic carbocycles. The zero-order valence-electron chi connectivity index (χ0n) is 16.3. The van der Waals surface area contributed by atoms with E-state index in [9.17, 15) is 18.0 Å². The number of carboxylic acids is 1. The van der Waals surface area contributed by atoms with Crippen LogP contribution < -0.4 is 10.2 Å². The lowest BCUT2D eigenvalue weighted by Crippen LogP contribution is -2.61. The predicted molar refractivity (Wildman–Crippen MR) is 99.7 cm³/mol. The van der Waals surface area contributed by atoms with Crippen molar-refractivity contribution < 1.29 is 32.6 Å². The second kappa shape index (κ2) is 9.59. The van der Waals surface area contributed by atoms with Gasteiger partial charge in [-0.1, -0.05) is 0 Å². The molecule has 3 aliphatic rings. The molecule has 1 saturated carbocycles. The lowest BCUT2D eigenvalue weighted by Gasteiger charge is -2.45. The summed E-state index contributed by atoms with van der Waals surface area (Å²) in [6.07, 6.45) is 3.88. The van der Waals surface area contributed by atoms with Crippen LogP contribution in [0.1, 0.15) is 32.1 Å². The number of aromatic nitrogens is 2. The number of ether oxygens (including phenoxy) is 1. The second-order valence-electron chi connectivity index (χ2n) is 7.82. The van der Waals surface area contributed by atoms with Gasteiger partial charge in [0, 0.05) is 44.4 Å². The van der Waals surface area contributed by atoms with Crippen LogP contribution in [0.15, 0.2) is 18.5 Å². The van der Waals surface area contributed by atoms with E-state index in [-0.39, 0.29) is 18.1 Å². The van der Waals surface area contributed by atoms with E-state index in [0.29, 0.717) is 18.3 Å². The highest BCUT2D eigenvalue weighted by molar-refractivity contribution is 5.77. The fourth-order valence-electron chi connectivity index (χ4n) is 3.80. The largest absolute Gasteiger partial charge is 0.490 e. The molecule has 3 fully saturated rings. The number of fused-ring (bicyclic) bond motifs is 1. The van der Waals surface area contributed by atoms with Gasteiger partial charge < -0.3 is 20.1 Å². The van der Waals surface area contributed by atoms with E-state index in [2.05, 4.69) is 20.2 Å². The van der Waals surface area contributed by atoms with E-state index in [4.69, 9.17) is 14.6 Å². The third-order valence-electron chi connectivity index (χ3n) is 5.36. The number of carbonyl (C=O) groups excluding carboxylic acids is 1. The smallest absolute Gasteiger partial charge is 0.475 e. The Morgan fingerprint density at radius 3 is 2.47 bits per heavy atom. The van der Waals surface area contributed by atoms with Crippen LogP contribution in [0.4, 0.5) is 19.1 Å². The molecule has 8 nitrogen and oxygen atoms in total. The number of halogens is 3. The third-order valence-corrected chi connectivity index (χ3v) is 5.36. The standard InChI is InChI=1S/C17H24N4O2.C2HF3O2/c22-15(9-12-4-5-12)20-14-11-21(17-18-6-2-7-19-17)10-13-3-1-8-23-16(13)14;3-2(4,5)1(6)7/h2,6-7,12-14,16H,1,3-5,8-11H2,(H,20,22);(H,6,7)/t13-,14+,16-;/m0./s1. The van der Waals surface area contributed by atoms with Crippen LogP contribution in [0.3, 0.4) is 0 Å². The van der Waals surface area contributed by atoms with Crippen LogP contribution in [0.5, 0.6) is 0 Å². The molecule has 2 saturated heterocycles. The quantitative estimate of drug-likeness (QED) is 0.753. The molecular weight excluding hydrogens is 405 g/mol. The van der Waals surface area contributed by atoms with E-state index in [0.717, 1.165) is 38.5 Å². The molecule has 2 N–H and O–H groups in total. The molecule has 166 valence electrons. The first-order chi connectivity index (χ1) is 14.2. The molecule has 30 heavy (non-hydrogen) atoms. The number of carbonyl (C=O) groups is 2. The molecule has 1 aromatic heterocycles. The molecular formula is C19H25F3N4O4. The van der Waals surface area contributed by atoms with Gasteiger partial charge in [-0.05, 0) is 37.7 Å². The van der Waals surface area contributed by atoms with Crippen LogP contribution in [0.2, 0.25) is 0 Å². The second-order valence-corrected chi connectivity index (χ2v) is 7.82. The minimum Gasteiger partial charge on any atom is -0.475 e. The van der Waals surface area contributed by atoms with Crippen LogP contribution in [-0.2, 0) is 14.3 Å². The Labute approximate surface area is 171 Å². The van der Waals surface area contributed by atoms with Gasteiger partial charge in [0.25, 0.3) is 0 Å². The van der Waals surface area contributed by atoms with Gasteiger partial charge in [0.2, 0.25) is 11.9 Å². The number of alkyl halides is 3. The number of carboxylic acid groups (broad SMARTS) is 1. The maximum atomic E-state index is 12.3. The molecule has 0 bridgehead atoms. The summed E-state index contributed by atoms with van der Waals surface area (Å²) >= 11 is 0. The van der Waals surface area contributed by atoms with Crippen LogP contribution in [0, 0.1) is 11.8 Å². The van der Waals surface area contributed by atoms with Gasteiger partial charge in [0.05, 0.1) is 12.1 Å². The van der Waals surface area contributed by atoms with Crippen molar-refractivity contribution >= 4 is 17.8 Å². The van der Waals surface area contributed by atoms with Gasteiger partial charge >= 0.3 is 12.1 Å². The summed E-state index contributed by atoms with van der Waals surface area (Å²) in [5, 5.41) is 10.4. The monoisotopic (exact) mass is 430 g/mol. The molecule has 2 aliphatic heterocycles. The normalized spacial score (nSPS) is 26.1. The van der Waals surface area contributed by atoms with Crippen molar-refractivity contribution in [1.82, 2.24) is 15.3 Å². The third kappa shape index (κ3) is 6.28. The SMILES string of the molecule is O=C(CC1CC1)N[C@@H]1CN(c2ncccn2)C[C@@H]2CCCO[C@@H]21.O=C(O)C(F)(F)F. The Morgan fingerprint density at radius 2 is 1.87 bits per heavy atom. The van der Waals surface area contributed by atoms with Crippen molar-refractivity contribution in [2.24, 2.45) is 11.8 Å². The predicted octanol–water partition coefficient (Wildman–Crippen LogP) is 2.01. The first-order valence-corrected chi connectivity index (χ1v) is 9.97. The molecule has 11 heteroatoms. The van der Waals surface area contributed by atoms with Gasteiger partial charge in [0.1, 0.15) is 0 Å². The summed E-state index contributed by atoms with van der Waals surface area (Å²) in [5.41, 5.74) is 0. The Morgan fingerprint density at radius 1 is 1.20 bits per heavy atom. The maximum absolute atomic E-state index is 12.3. The lowest BCUT2D eigenvalue weighted by atomic mass is 9.85. The number of piperidine rings is 1. The number of rotatable bonds is 4. The molecule has 0 unspecified atom stereocenters. The first-order valence-electron chi connectivity index (χ1n) is 9.97. The number of aliphatic carboxylic acids is 1. The summed E-state index contributed by atoms with van der Waals surface area (Å²) in [6.45, 7) is 2.43. The molecule has 3 atom stereocenters. The van der Waals surface area contributed by atoms with Crippen molar-refractivity contribution in [3.05, 3.63) is 18.5 Å². The Kier molecular flexibility index (Phi) is 7.11. The minimum atomic E-state index is -5.08. The fourth-order valence-corrected chi connectivity index (χ4v) is 3.80. The van der Waals surface area contributed by atoms with Gasteiger partial charge in [-0.15, -0.1) is 0 Å². The number of anilines is 1. The summed E-state index contributed by atoms with van der Waals surface area (Å²) in [5.74, 6) is -0.797. The highest BCUT2D eigenvalue weighted by Gasteiger charge is 2.41. The number of amides is 1. The molecule has 0 spiro atoms. The van der Waals surface area contributed by atoms with E-state index in [1.54, 1.807) is 12.4 Å². The summed E-state index contributed by atoms with van der Waals surface area (Å²) in [6, 6.07) is 1.86. The fraction of sp³-hybridized carbons (Fsp3) is 0.684. The molecule has 1 aliphatic carbocycles. The van der Waals surface area contributed by atoms with E-state index >= 15 is 0 Å². The zero-order chi connectivity index (χ0) is 21.7. The van der Waals surface area contributed by atoms with Crippen molar-refractivity contribution in [3.63, 3.8) is 0 Å². The molecule has 4 rings (SSSR count). The Hall–Kier alpha value is -2.43. The number of hydrogen-bond acceptors (Lipinski definition) is 6. The molecule has 0 radical (unpaired) electrons. The molecule has 1 amide bonds.